The SMILES string of the molecule is CCn1ncc(CN(C)C(=O)c2cc(-c3ccc(N(C)CCN)nn3)nc3ccc(O)cc23)c1C. The molecule has 182 valence electrons. The number of phenols is 1. The van der Waals surface area contributed by atoms with Gasteiger partial charge in [-0.1, -0.05) is 0 Å². The Morgan fingerprint density at radius 3 is 2.57 bits per heavy atom. The molecular weight excluding hydrogens is 444 g/mol. The van der Waals surface area contributed by atoms with Crippen LogP contribution in [0.1, 0.15) is 28.5 Å². The lowest BCUT2D eigenvalue weighted by Crippen LogP contribution is -2.27. The molecule has 1 amide bonds. The number of benzene rings is 1. The predicted molar refractivity (Wildman–Crippen MR) is 135 cm³/mol. The first-order valence-electron chi connectivity index (χ1n) is 11.5. The number of hydrogen-bond acceptors (Lipinski definition) is 8. The van der Waals surface area contributed by atoms with Gasteiger partial charge in [-0.05, 0) is 50.2 Å². The van der Waals surface area contributed by atoms with Crippen LogP contribution in [-0.4, -0.2) is 68.1 Å². The minimum absolute atomic E-state index is 0.0657. The number of nitrogens with two attached hydrogens (primary N) is 1. The maximum Gasteiger partial charge on any atom is 0.254 e. The molecule has 0 atom stereocenters. The predicted octanol–water partition coefficient (Wildman–Crippen LogP) is 2.59. The van der Waals surface area contributed by atoms with Crippen molar-refractivity contribution in [2.45, 2.75) is 26.9 Å². The van der Waals surface area contributed by atoms with Crippen molar-refractivity contribution in [1.82, 2.24) is 29.9 Å². The second kappa shape index (κ2) is 10.1. The highest BCUT2D eigenvalue weighted by atomic mass is 16.3. The van der Waals surface area contributed by atoms with Gasteiger partial charge in [0.25, 0.3) is 5.91 Å². The molecule has 4 rings (SSSR count). The summed E-state index contributed by atoms with van der Waals surface area (Å²) in [4.78, 5) is 21.8. The van der Waals surface area contributed by atoms with Gasteiger partial charge in [0, 0.05) is 56.9 Å². The Bertz CT molecular complexity index is 1350. The molecule has 0 spiro atoms. The van der Waals surface area contributed by atoms with E-state index in [9.17, 15) is 9.90 Å². The quantitative estimate of drug-likeness (QED) is 0.399. The third-order valence-electron chi connectivity index (χ3n) is 6.05. The van der Waals surface area contributed by atoms with Crippen molar-refractivity contribution in [3.63, 3.8) is 0 Å². The van der Waals surface area contributed by atoms with Gasteiger partial charge in [-0.25, -0.2) is 4.98 Å². The van der Waals surface area contributed by atoms with E-state index in [0.29, 0.717) is 53.3 Å². The summed E-state index contributed by atoms with van der Waals surface area (Å²) in [6.07, 6.45) is 1.79. The van der Waals surface area contributed by atoms with Gasteiger partial charge in [0.05, 0.1) is 23.0 Å². The van der Waals surface area contributed by atoms with E-state index in [1.165, 1.54) is 0 Å². The third-order valence-corrected chi connectivity index (χ3v) is 6.05. The maximum absolute atomic E-state index is 13.6. The number of pyridine rings is 1. The van der Waals surface area contributed by atoms with Gasteiger partial charge in [0.15, 0.2) is 5.82 Å². The smallest absolute Gasteiger partial charge is 0.254 e. The van der Waals surface area contributed by atoms with Crippen molar-refractivity contribution in [3.8, 4) is 17.1 Å². The zero-order valence-electron chi connectivity index (χ0n) is 20.4. The standard InChI is InChI=1S/C25H30N8O2/c1-5-33-16(2)17(14-27-33)15-32(4)25(35)20-13-23(28-21-7-6-18(34)12-19(20)21)22-8-9-24(30-29-22)31(3)11-10-26/h6-9,12-14,34H,5,10-11,15,26H2,1-4H3. The largest absolute Gasteiger partial charge is 0.508 e. The summed E-state index contributed by atoms with van der Waals surface area (Å²) in [5, 5.41) is 23.7. The number of carbonyl (C=O) groups is 1. The summed E-state index contributed by atoms with van der Waals surface area (Å²) >= 11 is 0. The Morgan fingerprint density at radius 1 is 1.11 bits per heavy atom. The van der Waals surface area contributed by atoms with Crippen molar-refractivity contribution in [1.29, 1.82) is 0 Å². The van der Waals surface area contributed by atoms with Crippen LogP contribution in [0.2, 0.25) is 0 Å². The lowest BCUT2D eigenvalue weighted by Gasteiger charge is -2.19. The highest BCUT2D eigenvalue weighted by Gasteiger charge is 2.20. The van der Waals surface area contributed by atoms with Gasteiger partial charge >= 0.3 is 0 Å². The van der Waals surface area contributed by atoms with Crippen LogP contribution < -0.4 is 10.6 Å². The lowest BCUT2D eigenvalue weighted by atomic mass is 10.0. The van der Waals surface area contributed by atoms with Crippen LogP contribution >= 0.6 is 0 Å². The fourth-order valence-electron chi connectivity index (χ4n) is 3.99. The van der Waals surface area contributed by atoms with E-state index in [0.717, 1.165) is 17.8 Å². The Morgan fingerprint density at radius 2 is 1.91 bits per heavy atom. The van der Waals surface area contributed by atoms with Crippen molar-refractivity contribution in [2.24, 2.45) is 5.73 Å². The van der Waals surface area contributed by atoms with Crippen LogP contribution in [0.15, 0.2) is 42.6 Å². The molecule has 0 unspecified atom stereocenters. The highest BCUT2D eigenvalue weighted by molar-refractivity contribution is 6.07. The molecule has 0 aliphatic rings. The number of anilines is 1. The van der Waals surface area contributed by atoms with E-state index >= 15 is 0 Å². The van der Waals surface area contributed by atoms with E-state index < -0.39 is 0 Å². The van der Waals surface area contributed by atoms with Crippen LogP contribution in [0.5, 0.6) is 5.75 Å². The zero-order valence-corrected chi connectivity index (χ0v) is 20.4. The topological polar surface area (TPSA) is 126 Å². The molecule has 0 aliphatic heterocycles. The molecule has 0 fully saturated rings. The first-order valence-corrected chi connectivity index (χ1v) is 11.5. The van der Waals surface area contributed by atoms with Gasteiger partial charge in [-0.15, -0.1) is 10.2 Å². The molecular formula is C25H30N8O2. The molecule has 35 heavy (non-hydrogen) atoms. The average Bonchev–Trinajstić information content (AvgIpc) is 3.22. The Balaban J connectivity index is 1.71. The number of hydrogen-bond donors (Lipinski definition) is 2. The summed E-state index contributed by atoms with van der Waals surface area (Å²) < 4.78 is 1.90. The van der Waals surface area contributed by atoms with Crippen LogP contribution in [0.3, 0.4) is 0 Å². The number of nitrogens with zero attached hydrogens (tertiary/aromatic N) is 7. The minimum atomic E-state index is -0.194. The molecule has 0 bridgehead atoms. The second-order valence-electron chi connectivity index (χ2n) is 8.48. The fraction of sp³-hybridized carbons (Fsp3) is 0.320. The second-order valence-corrected chi connectivity index (χ2v) is 8.48. The number of aryl methyl sites for hydroxylation is 1. The van der Waals surface area contributed by atoms with Crippen LogP contribution in [0.25, 0.3) is 22.3 Å². The molecule has 0 radical (unpaired) electrons. The molecule has 3 aromatic heterocycles. The summed E-state index contributed by atoms with van der Waals surface area (Å²) in [7, 11) is 3.65. The number of amides is 1. The van der Waals surface area contributed by atoms with Crippen molar-refractivity contribution < 1.29 is 9.90 Å². The van der Waals surface area contributed by atoms with E-state index in [4.69, 9.17) is 5.73 Å². The molecule has 10 heteroatoms. The van der Waals surface area contributed by atoms with E-state index in [1.54, 1.807) is 42.4 Å². The van der Waals surface area contributed by atoms with Crippen molar-refractivity contribution in [3.05, 3.63) is 59.4 Å². The summed E-state index contributed by atoms with van der Waals surface area (Å²) in [6.45, 7) is 6.37. The van der Waals surface area contributed by atoms with E-state index in [2.05, 4.69) is 20.3 Å². The summed E-state index contributed by atoms with van der Waals surface area (Å²) in [5.74, 6) is 0.569. The highest BCUT2D eigenvalue weighted by Crippen LogP contribution is 2.28. The number of rotatable bonds is 8. The normalized spacial score (nSPS) is 11.1. The maximum atomic E-state index is 13.6. The number of aromatic nitrogens is 5. The fourth-order valence-corrected chi connectivity index (χ4v) is 3.99. The monoisotopic (exact) mass is 474 g/mol. The van der Waals surface area contributed by atoms with Crippen LogP contribution in [0, 0.1) is 6.92 Å². The van der Waals surface area contributed by atoms with E-state index in [-0.39, 0.29) is 11.7 Å². The Labute approximate surface area is 204 Å². The number of fused-ring (bicyclic) bond motifs is 1. The molecule has 1 aromatic carbocycles. The van der Waals surface area contributed by atoms with Gasteiger partial charge < -0.3 is 20.6 Å². The number of carbonyl (C=O) groups excluding carboxylic acids is 1. The van der Waals surface area contributed by atoms with Gasteiger partial charge in [0.2, 0.25) is 0 Å². The zero-order chi connectivity index (χ0) is 25.1. The Hall–Kier alpha value is -4.05. The summed E-state index contributed by atoms with van der Waals surface area (Å²) in [6, 6.07) is 10.2. The molecule has 3 N–H and O–H groups in total. The molecule has 0 aliphatic carbocycles. The minimum Gasteiger partial charge on any atom is -0.508 e. The van der Waals surface area contributed by atoms with Gasteiger partial charge in [-0.3, -0.25) is 9.48 Å². The average molecular weight is 475 g/mol. The number of aromatic hydroxyl groups is 1. The molecule has 0 saturated heterocycles. The number of phenolic OH excluding ortho intramolecular Hbond substituents is 1. The van der Waals surface area contributed by atoms with Crippen LogP contribution in [0.4, 0.5) is 5.82 Å². The van der Waals surface area contributed by atoms with Gasteiger partial charge in [0.1, 0.15) is 11.4 Å². The number of likely N-dealkylation sites (N-methyl/N-ethyl adjacent to an activating group) is 1. The first-order chi connectivity index (χ1) is 16.8. The van der Waals surface area contributed by atoms with Crippen molar-refractivity contribution >= 4 is 22.6 Å². The van der Waals surface area contributed by atoms with Crippen LogP contribution in [-0.2, 0) is 13.1 Å². The lowest BCUT2D eigenvalue weighted by molar-refractivity contribution is 0.0787. The molecule has 4 aromatic rings. The van der Waals surface area contributed by atoms with Gasteiger partial charge in [-0.2, -0.15) is 5.10 Å². The summed E-state index contributed by atoms with van der Waals surface area (Å²) in [5.41, 5.74) is 9.71. The Kier molecular flexibility index (Phi) is 6.92. The molecule has 0 saturated carbocycles. The molecule has 10 nitrogen and oxygen atoms in total. The van der Waals surface area contributed by atoms with Crippen molar-refractivity contribution in [2.75, 3.05) is 32.1 Å². The van der Waals surface area contributed by atoms with E-state index in [1.807, 2.05) is 42.6 Å². The molecule has 3 heterocycles. The third kappa shape index (κ3) is 4.92. The first kappa shape index (κ1) is 24.1.